The Morgan fingerprint density at radius 1 is 0.727 bits per heavy atom. The summed E-state index contributed by atoms with van der Waals surface area (Å²) in [6.45, 7) is 0. The predicted molar refractivity (Wildman–Crippen MR) is 98.7 cm³/mol. The number of hydrogen-bond donors (Lipinski definition) is 1. The first kappa shape index (κ1) is 24.6. The second-order valence-electron chi connectivity index (χ2n) is 5.11. The van der Waals surface area contributed by atoms with Gasteiger partial charge in [-0.25, -0.2) is 0 Å². The molecule has 0 saturated carbocycles. The van der Waals surface area contributed by atoms with Crippen LogP contribution in [0.25, 0.3) is 0 Å². The van der Waals surface area contributed by atoms with Gasteiger partial charge in [0.2, 0.25) is 0 Å². The first-order chi connectivity index (χ1) is 9.81. The van der Waals surface area contributed by atoms with Crippen LogP contribution in [-0.2, 0) is 28.4 Å². The van der Waals surface area contributed by atoms with E-state index in [9.17, 15) is 0 Å². The largest absolute Gasteiger partial charge is 0.366 e. The molecule has 2 unspecified atom stereocenters. The Morgan fingerprint density at radius 2 is 1.00 bits per heavy atom. The Kier molecular flexibility index (Phi) is 13.2. The lowest BCUT2D eigenvalue weighted by Crippen LogP contribution is -2.51. The molecule has 0 amide bonds. The van der Waals surface area contributed by atoms with Crippen LogP contribution < -0.4 is 5.32 Å². The van der Waals surface area contributed by atoms with E-state index in [1.807, 2.05) is 0 Å². The molecule has 2 atom stereocenters. The highest BCUT2D eigenvalue weighted by Crippen LogP contribution is 2.18. The molecule has 136 valence electrons. The Balaban J connectivity index is 0. The summed E-state index contributed by atoms with van der Waals surface area (Å²) in [5, 5.41) is 3.28. The smallest absolute Gasteiger partial charge is 0.144 e. The molecule has 0 bridgehead atoms. The maximum absolute atomic E-state index is 5.46. The highest BCUT2D eigenvalue weighted by molar-refractivity contribution is 6.13. The van der Waals surface area contributed by atoms with Crippen LogP contribution in [0.4, 0.5) is 0 Å². The predicted octanol–water partition coefficient (Wildman–Crippen LogP) is -3.53. The third kappa shape index (κ3) is 8.29. The number of ether oxygens (including phenoxy) is 6. The van der Waals surface area contributed by atoms with Crippen LogP contribution in [0, 0.1) is 0 Å². The highest BCUT2D eigenvalue weighted by Gasteiger charge is 2.32. The van der Waals surface area contributed by atoms with E-state index in [0.717, 1.165) is 20.5 Å². The zero-order valence-corrected chi connectivity index (χ0v) is 18.5. The molecule has 0 fully saturated rings. The van der Waals surface area contributed by atoms with Gasteiger partial charge in [0, 0.05) is 55.5 Å². The van der Waals surface area contributed by atoms with Gasteiger partial charge in [-0.2, -0.15) is 0 Å². The Morgan fingerprint density at radius 3 is 1.18 bits per heavy atom. The third-order valence-corrected chi connectivity index (χ3v) is 6.23. The molecule has 0 spiro atoms. The number of methoxy groups -OCH3 is 6. The minimum atomic E-state index is -0.591. The van der Waals surface area contributed by atoms with Crippen molar-refractivity contribution in [2.75, 3.05) is 42.7 Å². The zero-order valence-electron chi connectivity index (χ0n) is 14.5. The van der Waals surface area contributed by atoms with Crippen LogP contribution >= 0.6 is 0 Å². The SMILES string of the molecule is COC(CC([SiH3])(OC)OC)NC(CC([SiH3])(OC)OC)OC.[SiH4]. The minimum Gasteiger partial charge on any atom is -0.366 e. The lowest BCUT2D eigenvalue weighted by Gasteiger charge is -2.35. The first-order valence-electron chi connectivity index (χ1n) is 6.84. The van der Waals surface area contributed by atoms with E-state index in [2.05, 4.69) is 5.32 Å². The van der Waals surface area contributed by atoms with Crippen molar-refractivity contribution in [3.05, 3.63) is 0 Å². The standard InChI is InChI=1S/C12H31NO6Si2.H4Si/c1-14-9(7-11(20,16-3)17-4)13-10(15-2)8-12(21,18-5)19-6;/h9-10,13H,7-8H2,1-6,20-21H3;1H4. The number of rotatable bonds is 12. The van der Waals surface area contributed by atoms with E-state index in [0.29, 0.717) is 12.8 Å². The maximum atomic E-state index is 5.46. The van der Waals surface area contributed by atoms with Crippen LogP contribution in [0.15, 0.2) is 0 Å². The van der Waals surface area contributed by atoms with Crippen molar-refractivity contribution in [1.82, 2.24) is 5.32 Å². The van der Waals surface area contributed by atoms with Crippen molar-refractivity contribution in [1.29, 1.82) is 0 Å². The minimum absolute atomic E-state index is 0. The molecular formula is C12H35NO6Si3. The fourth-order valence-corrected chi connectivity index (χ4v) is 2.54. The molecule has 7 nitrogen and oxygen atoms in total. The van der Waals surface area contributed by atoms with E-state index >= 15 is 0 Å². The van der Waals surface area contributed by atoms with Gasteiger partial charge in [0.05, 0.1) is 20.5 Å². The average molecular weight is 374 g/mol. The summed E-state index contributed by atoms with van der Waals surface area (Å²) in [7, 11) is 11.3. The molecule has 1 N–H and O–H groups in total. The molecule has 0 aliphatic rings. The molecule has 0 rings (SSSR count). The fraction of sp³-hybridized carbons (Fsp3) is 1.00. The van der Waals surface area contributed by atoms with Crippen molar-refractivity contribution < 1.29 is 28.4 Å². The zero-order chi connectivity index (χ0) is 16.5. The van der Waals surface area contributed by atoms with Gasteiger partial charge < -0.3 is 28.4 Å². The molecule has 0 radical (unpaired) electrons. The third-order valence-electron chi connectivity index (χ3n) is 3.78. The van der Waals surface area contributed by atoms with Gasteiger partial charge in [-0.05, 0) is 11.0 Å². The highest BCUT2D eigenvalue weighted by atomic mass is 28.2. The Hall–Kier alpha value is 0.371. The van der Waals surface area contributed by atoms with Crippen molar-refractivity contribution in [3.8, 4) is 0 Å². The Labute approximate surface area is 144 Å². The molecule has 0 aromatic rings. The van der Waals surface area contributed by atoms with Crippen LogP contribution in [-0.4, -0.2) is 97.4 Å². The summed E-state index contributed by atoms with van der Waals surface area (Å²) >= 11 is 0. The van der Waals surface area contributed by atoms with Crippen molar-refractivity contribution in [3.63, 3.8) is 0 Å². The summed E-state index contributed by atoms with van der Waals surface area (Å²) in [6.07, 6.45) is 0.617. The molecule has 0 aliphatic heterocycles. The van der Waals surface area contributed by atoms with E-state index in [4.69, 9.17) is 28.4 Å². The van der Waals surface area contributed by atoms with E-state index in [-0.39, 0.29) is 23.4 Å². The fourth-order valence-electron chi connectivity index (χ4n) is 1.80. The van der Waals surface area contributed by atoms with Gasteiger partial charge in [0.15, 0.2) is 0 Å². The molecule has 22 heavy (non-hydrogen) atoms. The van der Waals surface area contributed by atoms with Gasteiger partial charge in [-0.3, -0.25) is 5.32 Å². The van der Waals surface area contributed by atoms with Gasteiger partial charge in [-0.1, -0.05) is 0 Å². The van der Waals surface area contributed by atoms with E-state index < -0.39 is 10.8 Å². The second kappa shape index (κ2) is 11.8. The van der Waals surface area contributed by atoms with Crippen molar-refractivity contribution >= 4 is 31.5 Å². The summed E-state index contributed by atoms with van der Waals surface area (Å²) in [5.74, 6) is 0. The molecule has 0 heterocycles. The molecular weight excluding hydrogens is 338 g/mol. The summed E-state index contributed by atoms with van der Waals surface area (Å²) < 4.78 is 32.6. The topological polar surface area (TPSA) is 67.4 Å². The van der Waals surface area contributed by atoms with Crippen molar-refractivity contribution in [2.45, 2.75) is 36.1 Å². The van der Waals surface area contributed by atoms with Gasteiger partial charge in [-0.15, -0.1) is 0 Å². The lowest BCUT2D eigenvalue weighted by atomic mass is 10.3. The normalized spacial score (nSPS) is 15.5. The second-order valence-corrected chi connectivity index (χ2v) is 8.15. The van der Waals surface area contributed by atoms with Gasteiger partial charge in [0.1, 0.15) is 23.3 Å². The lowest BCUT2D eigenvalue weighted by molar-refractivity contribution is -0.183. The van der Waals surface area contributed by atoms with E-state index in [1.54, 1.807) is 42.7 Å². The molecule has 0 aromatic heterocycles. The molecule has 0 saturated heterocycles. The quantitative estimate of drug-likeness (QED) is 0.281. The molecule has 0 aromatic carbocycles. The molecule has 0 aliphatic carbocycles. The first-order valence-corrected chi connectivity index (χ1v) is 8.84. The maximum Gasteiger partial charge on any atom is 0.144 e. The monoisotopic (exact) mass is 373 g/mol. The van der Waals surface area contributed by atoms with Crippen LogP contribution in [0.2, 0.25) is 0 Å². The number of nitrogens with one attached hydrogen (secondary N) is 1. The van der Waals surface area contributed by atoms with Crippen LogP contribution in [0.5, 0.6) is 0 Å². The molecule has 10 heteroatoms. The average Bonchev–Trinajstić information content (AvgIpc) is 2.52. The van der Waals surface area contributed by atoms with Gasteiger partial charge in [0.25, 0.3) is 0 Å². The van der Waals surface area contributed by atoms with Crippen LogP contribution in [0.3, 0.4) is 0 Å². The van der Waals surface area contributed by atoms with Gasteiger partial charge >= 0.3 is 0 Å². The number of hydrogen-bond acceptors (Lipinski definition) is 7. The van der Waals surface area contributed by atoms with Crippen molar-refractivity contribution in [2.24, 2.45) is 0 Å². The summed E-state index contributed by atoms with van der Waals surface area (Å²) in [4.78, 5) is 0. The Bertz CT molecular complexity index is 254. The van der Waals surface area contributed by atoms with Crippen LogP contribution in [0.1, 0.15) is 12.8 Å². The summed E-state index contributed by atoms with van der Waals surface area (Å²) in [6, 6.07) is 0. The summed E-state index contributed by atoms with van der Waals surface area (Å²) in [5.41, 5.74) is -1.18. The van der Waals surface area contributed by atoms with E-state index in [1.165, 1.54) is 0 Å².